The maximum atomic E-state index is 2.54. The molecular formula is C34H47NSn. The van der Waals surface area contributed by atoms with Gasteiger partial charge in [-0.25, -0.2) is 0 Å². The Balaban J connectivity index is 1.93. The van der Waals surface area contributed by atoms with E-state index >= 15 is 0 Å². The Morgan fingerprint density at radius 2 is 1.00 bits per heavy atom. The van der Waals surface area contributed by atoms with Crippen LogP contribution in [0.3, 0.4) is 0 Å². The summed E-state index contributed by atoms with van der Waals surface area (Å²) in [6.07, 6.45) is 8.22. The van der Waals surface area contributed by atoms with Gasteiger partial charge in [0.25, 0.3) is 0 Å². The van der Waals surface area contributed by atoms with E-state index in [1.165, 1.54) is 90.5 Å². The third kappa shape index (κ3) is 5.28. The molecule has 4 rings (SSSR count). The van der Waals surface area contributed by atoms with Gasteiger partial charge >= 0.3 is 225 Å². The fourth-order valence-corrected chi connectivity index (χ4v) is 25.0. The van der Waals surface area contributed by atoms with Crippen molar-refractivity contribution in [1.29, 1.82) is 0 Å². The van der Waals surface area contributed by atoms with E-state index in [0.717, 1.165) is 0 Å². The summed E-state index contributed by atoms with van der Waals surface area (Å²) in [4.78, 5) is 0. The first-order chi connectivity index (χ1) is 17.3. The minimum atomic E-state index is -2.52. The van der Waals surface area contributed by atoms with Crippen molar-refractivity contribution < 1.29 is 0 Å². The second kappa shape index (κ2) is 11.8. The number of hydrogen-bond donors (Lipinski definition) is 0. The van der Waals surface area contributed by atoms with Crippen LogP contribution in [0, 0.1) is 27.7 Å². The Kier molecular flexibility index (Phi) is 8.91. The van der Waals surface area contributed by atoms with Gasteiger partial charge in [-0.1, -0.05) is 0 Å². The van der Waals surface area contributed by atoms with Gasteiger partial charge in [-0.15, -0.1) is 0 Å². The summed E-state index contributed by atoms with van der Waals surface area (Å²) in [5.74, 6) is 0. The summed E-state index contributed by atoms with van der Waals surface area (Å²) < 4.78 is 8.96. The van der Waals surface area contributed by atoms with Gasteiger partial charge in [0.2, 0.25) is 0 Å². The van der Waals surface area contributed by atoms with Crippen LogP contribution in [0.25, 0.3) is 27.5 Å². The molecular weight excluding hydrogens is 541 g/mol. The van der Waals surface area contributed by atoms with E-state index in [9.17, 15) is 0 Å². The summed E-state index contributed by atoms with van der Waals surface area (Å²) in [5, 5.41) is 2.74. The summed E-state index contributed by atoms with van der Waals surface area (Å²) in [7, 11) is 0. The monoisotopic (exact) mass is 589 g/mol. The van der Waals surface area contributed by atoms with E-state index < -0.39 is 18.4 Å². The number of aryl methyl sites for hydroxylation is 4. The molecule has 1 heterocycles. The minimum absolute atomic E-state index is 1.32. The number of hydrogen-bond acceptors (Lipinski definition) is 0. The van der Waals surface area contributed by atoms with Crippen LogP contribution >= 0.6 is 0 Å². The Morgan fingerprint density at radius 1 is 0.583 bits per heavy atom. The van der Waals surface area contributed by atoms with Crippen LogP contribution in [0.5, 0.6) is 0 Å². The summed E-state index contributed by atoms with van der Waals surface area (Å²) in [5.41, 5.74) is 9.77. The molecule has 0 spiro atoms. The molecule has 0 radical (unpaired) electrons. The predicted octanol–water partition coefficient (Wildman–Crippen LogP) is 10.1. The molecule has 0 saturated heterocycles. The van der Waals surface area contributed by atoms with Crippen molar-refractivity contribution in [2.45, 2.75) is 100 Å². The molecule has 0 N–H and O–H groups in total. The Morgan fingerprint density at radius 3 is 1.39 bits per heavy atom. The molecule has 0 aliphatic rings. The first-order valence-electron chi connectivity index (χ1n) is 14.5. The fourth-order valence-electron chi connectivity index (χ4n) is 6.73. The van der Waals surface area contributed by atoms with Crippen molar-refractivity contribution in [3.05, 3.63) is 70.8 Å². The molecule has 0 bridgehead atoms. The molecule has 3 aromatic carbocycles. The third-order valence-electron chi connectivity index (χ3n) is 8.41. The van der Waals surface area contributed by atoms with Crippen LogP contribution in [-0.4, -0.2) is 22.9 Å². The van der Waals surface area contributed by atoms with E-state index in [0.29, 0.717) is 0 Å². The van der Waals surface area contributed by atoms with Crippen molar-refractivity contribution >= 4 is 43.8 Å². The normalized spacial score (nSPS) is 12.2. The molecule has 0 amide bonds. The number of unbranched alkanes of at least 4 members (excludes halogenated alkanes) is 3. The van der Waals surface area contributed by atoms with Gasteiger partial charge in [0.1, 0.15) is 0 Å². The Hall–Kier alpha value is -1.74. The zero-order chi connectivity index (χ0) is 25.9. The topological polar surface area (TPSA) is 4.93 Å². The average Bonchev–Trinajstić information content (AvgIpc) is 3.16. The molecule has 0 unspecified atom stereocenters. The van der Waals surface area contributed by atoms with Gasteiger partial charge < -0.3 is 0 Å². The van der Waals surface area contributed by atoms with Crippen LogP contribution in [0.1, 0.15) is 81.5 Å². The standard InChI is InChI=1S/C22H20N.3C4H9.Sn/c1-14-5-7-21-19(12-14)20-13-15(2)6-8-22(20)23(21)18-10-16(3)9-17(4)11-18;3*1-3-4-2;/h5-8,10-13H,1-4H3;3*1,3-4H2,2H3;. The Bertz CT molecular complexity index is 1240. The molecule has 4 aromatic rings. The second-order valence-electron chi connectivity index (χ2n) is 11.4. The van der Waals surface area contributed by atoms with Crippen molar-refractivity contribution in [2.24, 2.45) is 0 Å². The van der Waals surface area contributed by atoms with Gasteiger partial charge in [-0.3, -0.25) is 0 Å². The quantitative estimate of drug-likeness (QED) is 0.154. The predicted molar refractivity (Wildman–Crippen MR) is 164 cm³/mol. The van der Waals surface area contributed by atoms with Crippen molar-refractivity contribution in [3.8, 4) is 5.69 Å². The van der Waals surface area contributed by atoms with Crippen LogP contribution in [-0.2, 0) is 0 Å². The summed E-state index contributed by atoms with van der Waals surface area (Å²) in [6.45, 7) is 16.4. The van der Waals surface area contributed by atoms with Crippen molar-refractivity contribution in [3.63, 3.8) is 0 Å². The second-order valence-corrected chi connectivity index (χ2v) is 24.4. The number of nitrogens with zero attached hydrogens (tertiary/aromatic N) is 1. The molecule has 1 aromatic heterocycles. The molecule has 192 valence electrons. The zero-order valence-electron chi connectivity index (χ0n) is 23.9. The van der Waals surface area contributed by atoms with Crippen molar-refractivity contribution in [1.82, 2.24) is 4.57 Å². The van der Waals surface area contributed by atoms with Gasteiger partial charge in [0.05, 0.1) is 0 Å². The molecule has 0 atom stereocenters. The number of fused-ring (bicyclic) bond motifs is 3. The first kappa shape index (κ1) is 27.3. The van der Waals surface area contributed by atoms with E-state index in [4.69, 9.17) is 0 Å². The maximum absolute atomic E-state index is 2.54. The number of benzene rings is 3. The molecule has 0 aliphatic heterocycles. The third-order valence-corrected chi connectivity index (χ3v) is 24.9. The SMILES string of the molecule is CCC[CH2][Sn]([CH2]CCC)([CH2]CCC)[c]1c(C)cc(-n2c3ccc(C)cc3c3cc(C)ccc32)cc1C. The van der Waals surface area contributed by atoms with E-state index in [-0.39, 0.29) is 0 Å². The molecule has 1 nitrogen and oxygen atoms in total. The zero-order valence-corrected chi connectivity index (χ0v) is 26.8. The van der Waals surface area contributed by atoms with Crippen LogP contribution in [0.4, 0.5) is 0 Å². The molecule has 0 aliphatic carbocycles. The molecule has 36 heavy (non-hydrogen) atoms. The first-order valence-corrected chi connectivity index (χ1v) is 22.0. The number of rotatable bonds is 11. The Labute approximate surface area is 224 Å². The van der Waals surface area contributed by atoms with Gasteiger partial charge in [-0.05, 0) is 0 Å². The number of aromatic nitrogens is 1. The van der Waals surface area contributed by atoms with Gasteiger partial charge in [-0.2, -0.15) is 0 Å². The van der Waals surface area contributed by atoms with E-state index in [1.807, 2.05) is 3.58 Å². The summed E-state index contributed by atoms with van der Waals surface area (Å²) in [6, 6.07) is 19.0. The molecule has 0 saturated carbocycles. The van der Waals surface area contributed by atoms with Crippen molar-refractivity contribution in [2.75, 3.05) is 0 Å². The van der Waals surface area contributed by atoms with Crippen LogP contribution in [0.15, 0.2) is 48.5 Å². The fraction of sp³-hybridized carbons (Fsp3) is 0.471. The molecule has 0 fully saturated rings. The van der Waals surface area contributed by atoms with Gasteiger partial charge in [0, 0.05) is 0 Å². The molecule has 2 heteroatoms. The van der Waals surface area contributed by atoms with Gasteiger partial charge in [0.15, 0.2) is 0 Å². The van der Waals surface area contributed by atoms with E-state index in [2.05, 4.69) is 102 Å². The van der Waals surface area contributed by atoms with Crippen LogP contribution < -0.4 is 3.58 Å². The van der Waals surface area contributed by atoms with Crippen LogP contribution in [0.2, 0.25) is 13.3 Å². The average molecular weight is 588 g/mol. The van der Waals surface area contributed by atoms with E-state index in [1.54, 1.807) is 11.1 Å². The summed E-state index contributed by atoms with van der Waals surface area (Å²) >= 11 is -2.52.